The summed E-state index contributed by atoms with van der Waals surface area (Å²) in [5.41, 5.74) is 3.51. The van der Waals surface area contributed by atoms with E-state index in [9.17, 15) is 17.6 Å². The molecule has 242 valence electrons. The van der Waals surface area contributed by atoms with Gasteiger partial charge in [-0.1, -0.05) is 18.2 Å². The molecular formula is C33H38CsF4N5O3. The standard InChI is InChI=1S/C30H34FN5O.C2HF3O2.CH3.Cs/c1-30(37-2)14-16-35(17-15-30)25-10-12-26(13-11-25)36-28(23-8-9-24(20-32)27(31)18-23)19-29(34-36)33-21-22-6-4-3-5-7-22;3-2(4,5)1(6)7;;/h3-4,8-13,18-19,22H,5-7,14-17,21H2,1-2H3,(H,33,34);(H,6,7);1H3;/q;;-1;+1. The van der Waals surface area contributed by atoms with Gasteiger partial charge < -0.3 is 27.5 Å². The van der Waals surface area contributed by atoms with Crippen molar-refractivity contribution in [3.8, 4) is 23.0 Å². The van der Waals surface area contributed by atoms with Crippen molar-refractivity contribution < 1.29 is 101 Å². The van der Waals surface area contributed by atoms with Crippen molar-refractivity contribution in [1.82, 2.24) is 9.78 Å². The minimum Gasteiger partial charge on any atom is -0.475 e. The van der Waals surface area contributed by atoms with Crippen LogP contribution < -0.4 is 79.1 Å². The molecule has 2 aromatic carbocycles. The maximum absolute atomic E-state index is 14.5. The molecule has 0 radical (unpaired) electrons. The van der Waals surface area contributed by atoms with E-state index >= 15 is 0 Å². The first-order chi connectivity index (χ1) is 20.9. The second kappa shape index (κ2) is 17.7. The number of nitrogens with one attached hydrogen (secondary N) is 1. The molecule has 0 spiro atoms. The molecule has 46 heavy (non-hydrogen) atoms. The molecule has 2 aliphatic rings. The Morgan fingerprint density at radius 1 is 1.13 bits per heavy atom. The Bertz CT molecular complexity index is 1510. The van der Waals surface area contributed by atoms with Gasteiger partial charge in [0.1, 0.15) is 17.7 Å². The molecule has 0 bridgehead atoms. The fourth-order valence-corrected chi connectivity index (χ4v) is 5.17. The van der Waals surface area contributed by atoms with E-state index in [4.69, 9.17) is 25.0 Å². The van der Waals surface area contributed by atoms with E-state index in [1.807, 2.05) is 16.8 Å². The van der Waals surface area contributed by atoms with Crippen LogP contribution in [0.2, 0.25) is 0 Å². The molecule has 1 aromatic heterocycles. The fourth-order valence-electron chi connectivity index (χ4n) is 5.17. The molecule has 1 fully saturated rings. The van der Waals surface area contributed by atoms with E-state index < -0.39 is 18.0 Å². The molecule has 1 unspecified atom stereocenters. The van der Waals surface area contributed by atoms with Crippen LogP contribution in [0, 0.1) is 30.5 Å². The zero-order valence-electron chi connectivity index (χ0n) is 26.6. The van der Waals surface area contributed by atoms with Gasteiger partial charge in [0.2, 0.25) is 0 Å². The first-order valence-corrected chi connectivity index (χ1v) is 14.3. The van der Waals surface area contributed by atoms with Crippen LogP contribution in [0.5, 0.6) is 0 Å². The van der Waals surface area contributed by atoms with Crippen LogP contribution in [0.4, 0.5) is 29.1 Å². The van der Waals surface area contributed by atoms with Gasteiger partial charge in [0.15, 0.2) is 0 Å². The Morgan fingerprint density at radius 3 is 2.28 bits per heavy atom. The van der Waals surface area contributed by atoms with Crippen LogP contribution >= 0.6 is 0 Å². The van der Waals surface area contributed by atoms with Gasteiger partial charge in [-0.2, -0.15) is 18.4 Å². The molecule has 8 nitrogen and oxygen atoms in total. The number of halogens is 4. The fraction of sp³-hybridized carbons (Fsp3) is 0.394. The van der Waals surface area contributed by atoms with Crippen LogP contribution in [0.15, 0.2) is 60.7 Å². The molecule has 1 atom stereocenters. The van der Waals surface area contributed by atoms with Gasteiger partial charge >= 0.3 is 81.0 Å². The molecule has 0 amide bonds. The number of aliphatic carboxylic acids is 1. The topological polar surface area (TPSA) is 103 Å². The van der Waals surface area contributed by atoms with Gasteiger partial charge in [0.25, 0.3) is 0 Å². The molecular weight excluding hydrogens is 723 g/mol. The van der Waals surface area contributed by atoms with Gasteiger partial charge in [0, 0.05) is 44.1 Å². The number of ether oxygens (including phenoxy) is 1. The molecule has 1 aliphatic carbocycles. The number of carboxylic acid groups (broad SMARTS) is 1. The van der Waals surface area contributed by atoms with Crippen LogP contribution in [0.3, 0.4) is 0 Å². The van der Waals surface area contributed by atoms with Crippen LogP contribution in [0.1, 0.15) is 44.6 Å². The summed E-state index contributed by atoms with van der Waals surface area (Å²) in [6.07, 6.45) is 4.74. The Hall–Kier alpha value is -2.32. The molecule has 0 saturated carbocycles. The summed E-state index contributed by atoms with van der Waals surface area (Å²) in [5, 5.41) is 24.6. The third-order valence-electron chi connectivity index (χ3n) is 8.06. The predicted octanol–water partition coefficient (Wildman–Crippen LogP) is 4.41. The first-order valence-electron chi connectivity index (χ1n) is 14.3. The number of hydrogen-bond acceptors (Lipinski definition) is 6. The number of nitriles is 1. The van der Waals surface area contributed by atoms with Crippen molar-refractivity contribution in [2.24, 2.45) is 5.92 Å². The Kier molecular flexibility index (Phi) is 15.4. The molecule has 2 heterocycles. The van der Waals surface area contributed by atoms with E-state index in [0.717, 1.165) is 62.5 Å². The predicted molar refractivity (Wildman–Crippen MR) is 166 cm³/mol. The molecule has 1 aliphatic heterocycles. The number of piperidine rings is 1. The van der Waals surface area contributed by atoms with Crippen molar-refractivity contribution in [2.75, 3.05) is 37.0 Å². The molecule has 13 heteroatoms. The van der Waals surface area contributed by atoms with Gasteiger partial charge in [-0.05, 0) is 81.3 Å². The third kappa shape index (κ3) is 10.6. The normalized spacial score (nSPS) is 17.0. The number of nitrogens with zero attached hydrogens (tertiary/aromatic N) is 4. The number of alkyl halides is 3. The average molecular weight is 762 g/mol. The zero-order valence-corrected chi connectivity index (χ0v) is 32.9. The number of allylic oxidation sites excluding steroid dienone is 2. The number of carbonyl (C=O) groups is 1. The summed E-state index contributed by atoms with van der Waals surface area (Å²) >= 11 is 0. The third-order valence-corrected chi connectivity index (χ3v) is 8.06. The van der Waals surface area contributed by atoms with E-state index in [1.54, 1.807) is 13.2 Å². The number of hydrogen-bond donors (Lipinski definition) is 2. The largest absolute Gasteiger partial charge is 1.00 e. The molecule has 2 N–H and O–H groups in total. The minimum atomic E-state index is -5.08. The van der Waals surface area contributed by atoms with E-state index in [2.05, 4.69) is 53.6 Å². The summed E-state index contributed by atoms with van der Waals surface area (Å²) in [7, 11) is 1.79. The van der Waals surface area contributed by atoms with Crippen molar-refractivity contribution in [3.63, 3.8) is 0 Å². The van der Waals surface area contributed by atoms with Gasteiger partial charge in [-0.15, -0.1) is 5.10 Å². The second-order valence-electron chi connectivity index (χ2n) is 11.1. The van der Waals surface area contributed by atoms with Gasteiger partial charge in [-0.3, -0.25) is 0 Å². The maximum Gasteiger partial charge on any atom is 1.00 e. The van der Waals surface area contributed by atoms with Crippen molar-refractivity contribution >= 4 is 17.5 Å². The van der Waals surface area contributed by atoms with Crippen LogP contribution in [0.25, 0.3) is 16.9 Å². The monoisotopic (exact) mass is 761 g/mol. The average Bonchev–Trinajstić information content (AvgIpc) is 3.45. The van der Waals surface area contributed by atoms with E-state index in [0.29, 0.717) is 11.5 Å². The molecule has 1 saturated heterocycles. The number of aromatic nitrogens is 2. The molecule has 5 rings (SSSR count). The van der Waals surface area contributed by atoms with E-state index in [-0.39, 0.29) is 87.5 Å². The summed E-state index contributed by atoms with van der Waals surface area (Å²) < 4.78 is 53.8. The first kappa shape index (κ1) is 39.9. The second-order valence-corrected chi connectivity index (χ2v) is 11.1. The van der Waals surface area contributed by atoms with Crippen molar-refractivity contribution in [2.45, 2.75) is 50.8 Å². The van der Waals surface area contributed by atoms with Gasteiger partial charge in [-0.25, -0.2) is 13.9 Å². The maximum atomic E-state index is 14.5. The van der Waals surface area contributed by atoms with Crippen LogP contribution in [-0.2, 0) is 9.53 Å². The summed E-state index contributed by atoms with van der Waals surface area (Å²) in [5.74, 6) is -1.95. The van der Waals surface area contributed by atoms with Gasteiger partial charge in [0.05, 0.1) is 22.5 Å². The number of benzene rings is 2. The van der Waals surface area contributed by atoms with Crippen LogP contribution in [-0.4, -0.2) is 59.4 Å². The van der Waals surface area contributed by atoms with Crippen molar-refractivity contribution in [1.29, 1.82) is 5.26 Å². The zero-order chi connectivity index (χ0) is 31.9. The van der Waals surface area contributed by atoms with E-state index in [1.165, 1.54) is 24.2 Å². The smallest absolute Gasteiger partial charge is 0.475 e. The number of methoxy groups -OCH3 is 1. The Balaban J connectivity index is 0.000000738. The summed E-state index contributed by atoms with van der Waals surface area (Å²) in [6, 6.07) is 16.9. The Morgan fingerprint density at radius 2 is 1.76 bits per heavy atom. The van der Waals surface area contributed by atoms with Crippen molar-refractivity contribution in [3.05, 3.63) is 79.5 Å². The number of rotatable bonds is 7. The quantitative estimate of drug-likeness (QED) is 0.209. The minimum absolute atomic E-state index is 0. The Labute approximate surface area is 326 Å². The summed E-state index contributed by atoms with van der Waals surface area (Å²) in [4.78, 5) is 11.3. The number of anilines is 2. The number of carboxylic acids is 1. The molecule has 3 aromatic rings. The SMILES string of the molecule is COC1(C)CCN(c2ccc(-n3nc(NCC4CC=CCC4)cc3-c3ccc(C#N)c(F)c3)cc2)CC1.O=C(O)C(F)(F)F.[CH3-].[Cs+]. The summed E-state index contributed by atoms with van der Waals surface area (Å²) in [6.45, 7) is 4.92.